The Bertz CT molecular complexity index is 1350. The van der Waals surface area contributed by atoms with E-state index in [1.807, 2.05) is 26.0 Å². The van der Waals surface area contributed by atoms with Crippen LogP contribution in [0.4, 0.5) is 5.69 Å². The molecule has 3 rings (SSSR count). The van der Waals surface area contributed by atoms with Crippen LogP contribution >= 0.6 is 27.7 Å². The second-order valence-corrected chi connectivity index (χ2v) is 10.3. The van der Waals surface area contributed by atoms with E-state index in [9.17, 15) is 24.4 Å². The number of carbonyl (C=O) groups is 4. The number of nitrogens with zero attached hydrogens (tertiary/aromatic N) is 1. The van der Waals surface area contributed by atoms with Crippen LogP contribution in [-0.2, 0) is 30.3 Å². The Balaban J connectivity index is 1.92. The number of carbonyl (C=O) groups excluding carboxylic acids is 4. The first-order valence-corrected chi connectivity index (χ1v) is 13.4. The summed E-state index contributed by atoms with van der Waals surface area (Å²) in [5, 5.41) is 15.8. The normalized spacial score (nSPS) is 16.8. The smallest absolute Gasteiger partial charge is 0.337 e. The van der Waals surface area contributed by atoms with E-state index in [0.717, 1.165) is 40.2 Å². The summed E-state index contributed by atoms with van der Waals surface area (Å²) in [5.74, 6) is -4.71. The van der Waals surface area contributed by atoms with Gasteiger partial charge in [-0.1, -0.05) is 46.7 Å². The van der Waals surface area contributed by atoms with Gasteiger partial charge in [0.25, 0.3) is 0 Å². The molecule has 0 spiro atoms. The van der Waals surface area contributed by atoms with Gasteiger partial charge in [-0.2, -0.15) is 5.26 Å². The highest BCUT2D eigenvalue weighted by atomic mass is 79.9. The summed E-state index contributed by atoms with van der Waals surface area (Å²) in [6.45, 7) is 3.89. The quantitative estimate of drug-likeness (QED) is 0.340. The van der Waals surface area contributed by atoms with E-state index in [0.29, 0.717) is 12.0 Å². The first-order chi connectivity index (χ1) is 18.1. The molecule has 0 saturated carbocycles. The molecule has 0 bridgehead atoms. The molecule has 2 atom stereocenters. The molecule has 0 radical (unpaired) electrons. The number of nitriles is 1. The minimum atomic E-state index is -1.32. The summed E-state index contributed by atoms with van der Waals surface area (Å²) < 4.78 is 10.5. The van der Waals surface area contributed by atoms with E-state index in [-0.39, 0.29) is 27.8 Å². The van der Waals surface area contributed by atoms with Crippen LogP contribution in [0.1, 0.15) is 39.9 Å². The van der Waals surface area contributed by atoms with Crippen LogP contribution in [0.3, 0.4) is 0 Å². The zero-order chi connectivity index (χ0) is 28.0. The Morgan fingerprint density at radius 3 is 2.42 bits per heavy atom. The molecule has 1 heterocycles. The van der Waals surface area contributed by atoms with Gasteiger partial charge in [-0.3, -0.25) is 14.4 Å². The Hall–Kier alpha value is -3.62. The molecule has 2 aromatic rings. The summed E-state index contributed by atoms with van der Waals surface area (Å²) >= 11 is 4.46. The second kappa shape index (κ2) is 12.8. The van der Waals surface area contributed by atoms with Gasteiger partial charge >= 0.3 is 11.9 Å². The molecule has 38 heavy (non-hydrogen) atoms. The van der Waals surface area contributed by atoms with Gasteiger partial charge < -0.3 is 20.1 Å². The molecule has 0 aromatic heterocycles. The molecule has 0 fully saturated rings. The molecule has 0 unspecified atom stereocenters. The highest BCUT2D eigenvalue weighted by molar-refractivity contribution is 9.10. The topological polar surface area (TPSA) is 135 Å². The maximum absolute atomic E-state index is 13.0. The number of methoxy groups -OCH3 is 2. The van der Waals surface area contributed by atoms with Crippen LogP contribution in [0.25, 0.3) is 0 Å². The lowest BCUT2D eigenvalue weighted by Crippen LogP contribution is -2.44. The van der Waals surface area contributed by atoms with Crippen molar-refractivity contribution < 1.29 is 28.7 Å². The van der Waals surface area contributed by atoms with Crippen molar-refractivity contribution in [1.82, 2.24) is 5.32 Å². The molecule has 0 saturated heterocycles. The fraction of sp³-hybridized carbons (Fsp3) is 0.296. The third kappa shape index (κ3) is 6.26. The number of aryl methyl sites for hydroxylation is 2. The van der Waals surface area contributed by atoms with E-state index in [1.165, 1.54) is 19.2 Å². The minimum Gasteiger partial charge on any atom is -0.468 e. The van der Waals surface area contributed by atoms with Crippen LogP contribution in [0.15, 0.2) is 51.5 Å². The summed E-state index contributed by atoms with van der Waals surface area (Å²) in [6, 6.07) is 12.0. The molecular formula is C27H26BrN3O6S. The zero-order valence-electron chi connectivity index (χ0n) is 21.2. The first kappa shape index (κ1) is 28.9. The van der Waals surface area contributed by atoms with Gasteiger partial charge in [-0.15, -0.1) is 0 Å². The average Bonchev–Trinajstić information content (AvgIpc) is 2.91. The number of anilines is 1. The molecule has 11 heteroatoms. The zero-order valence-corrected chi connectivity index (χ0v) is 23.6. The molecule has 2 N–H and O–H groups in total. The Kier molecular flexibility index (Phi) is 9.72. The fourth-order valence-corrected chi connectivity index (χ4v) is 5.68. The second-order valence-electron chi connectivity index (χ2n) is 8.38. The lowest BCUT2D eigenvalue weighted by Gasteiger charge is -2.31. The lowest BCUT2D eigenvalue weighted by molar-refractivity contribution is -0.150. The first-order valence-electron chi connectivity index (χ1n) is 11.6. The van der Waals surface area contributed by atoms with E-state index in [2.05, 4.69) is 32.6 Å². The van der Waals surface area contributed by atoms with Crippen molar-refractivity contribution >= 4 is 57.1 Å². The molecular weight excluding hydrogens is 574 g/mol. The maximum atomic E-state index is 13.0. The standard InChI is InChI=1S/C27H26BrN3O6S/c1-5-15-11-18(28)10-14(2)23(15)30-20(32)13-38-25-19(12-29)21(22(24(33)31-25)27(35)37-4)16-6-8-17(9-7-16)26(34)36-3/h6-11,21-22H,5,13H2,1-4H3,(H,30,32)(H,31,33)/t21-,22+/m0/s1. The van der Waals surface area contributed by atoms with E-state index >= 15 is 0 Å². The van der Waals surface area contributed by atoms with E-state index in [4.69, 9.17) is 9.47 Å². The molecule has 9 nitrogen and oxygen atoms in total. The van der Waals surface area contributed by atoms with Gasteiger partial charge in [-0.05, 0) is 54.3 Å². The predicted molar refractivity (Wildman–Crippen MR) is 146 cm³/mol. The lowest BCUT2D eigenvalue weighted by atomic mass is 9.78. The summed E-state index contributed by atoms with van der Waals surface area (Å²) in [4.78, 5) is 50.3. The number of halogens is 1. The Labute approximate surface area is 233 Å². The largest absolute Gasteiger partial charge is 0.468 e. The van der Waals surface area contributed by atoms with Crippen molar-refractivity contribution in [2.75, 3.05) is 25.3 Å². The third-order valence-electron chi connectivity index (χ3n) is 6.05. The van der Waals surface area contributed by atoms with Crippen LogP contribution in [-0.4, -0.2) is 43.7 Å². The number of rotatable bonds is 8. The number of esters is 2. The Morgan fingerprint density at radius 2 is 1.84 bits per heavy atom. The number of allylic oxidation sites excluding steroid dienone is 1. The third-order valence-corrected chi connectivity index (χ3v) is 7.52. The molecule has 1 aliphatic heterocycles. The maximum Gasteiger partial charge on any atom is 0.337 e. The van der Waals surface area contributed by atoms with Crippen molar-refractivity contribution in [3.05, 3.63) is 73.7 Å². The van der Waals surface area contributed by atoms with Crippen LogP contribution in [0.2, 0.25) is 0 Å². The van der Waals surface area contributed by atoms with Gasteiger partial charge in [-0.25, -0.2) is 4.79 Å². The van der Waals surface area contributed by atoms with Crippen molar-refractivity contribution in [3.8, 4) is 6.07 Å². The fourth-order valence-electron chi connectivity index (χ4n) is 4.21. The number of benzene rings is 2. The molecule has 198 valence electrons. The van der Waals surface area contributed by atoms with Crippen LogP contribution in [0, 0.1) is 24.2 Å². The van der Waals surface area contributed by atoms with Gasteiger partial charge in [0.15, 0.2) is 0 Å². The number of thioether (sulfide) groups is 1. The SMILES string of the molecule is CCc1cc(Br)cc(C)c1NC(=O)CSC1=C(C#N)[C@H](c2ccc(C(=O)OC)cc2)[C@@H](C(=O)OC)C(=O)N1. The van der Waals surface area contributed by atoms with Gasteiger partial charge in [0.1, 0.15) is 5.92 Å². The van der Waals surface area contributed by atoms with Crippen LogP contribution in [0.5, 0.6) is 0 Å². The Morgan fingerprint density at radius 1 is 1.16 bits per heavy atom. The highest BCUT2D eigenvalue weighted by Gasteiger charge is 2.44. The summed E-state index contributed by atoms with van der Waals surface area (Å²) in [7, 11) is 2.42. The minimum absolute atomic E-state index is 0.0870. The van der Waals surface area contributed by atoms with E-state index < -0.39 is 29.7 Å². The monoisotopic (exact) mass is 599 g/mol. The molecule has 2 aromatic carbocycles. The van der Waals surface area contributed by atoms with Crippen molar-refractivity contribution in [2.45, 2.75) is 26.2 Å². The number of nitrogens with one attached hydrogen (secondary N) is 2. The van der Waals surface area contributed by atoms with Gasteiger partial charge in [0.05, 0.1) is 42.2 Å². The number of hydrogen-bond acceptors (Lipinski definition) is 8. The van der Waals surface area contributed by atoms with E-state index in [1.54, 1.807) is 12.1 Å². The van der Waals surface area contributed by atoms with Crippen LogP contribution < -0.4 is 10.6 Å². The molecule has 1 aliphatic rings. The van der Waals surface area contributed by atoms with Crippen molar-refractivity contribution in [2.24, 2.45) is 5.92 Å². The molecule has 2 amide bonds. The summed E-state index contributed by atoms with van der Waals surface area (Å²) in [5.41, 5.74) is 3.42. The highest BCUT2D eigenvalue weighted by Crippen LogP contribution is 2.40. The molecule has 0 aliphatic carbocycles. The number of ether oxygens (including phenoxy) is 2. The van der Waals surface area contributed by atoms with Crippen molar-refractivity contribution in [3.63, 3.8) is 0 Å². The predicted octanol–water partition coefficient (Wildman–Crippen LogP) is 4.22. The summed E-state index contributed by atoms with van der Waals surface area (Å²) in [6.07, 6.45) is 0.716. The number of amides is 2. The van der Waals surface area contributed by atoms with Gasteiger partial charge in [0.2, 0.25) is 11.8 Å². The average molecular weight is 600 g/mol. The number of hydrogen-bond donors (Lipinski definition) is 2. The van der Waals surface area contributed by atoms with Gasteiger partial charge in [0, 0.05) is 16.1 Å². The van der Waals surface area contributed by atoms with Crippen molar-refractivity contribution in [1.29, 1.82) is 5.26 Å².